The van der Waals surface area contributed by atoms with Gasteiger partial charge in [-0.3, -0.25) is 4.79 Å². The smallest absolute Gasteiger partial charge is 0.293 e. The number of carbonyl (C=O) groups is 1. The Kier molecular flexibility index (Phi) is 2.12. The minimum Gasteiger partial charge on any atom is -0.464 e. The van der Waals surface area contributed by atoms with Crippen molar-refractivity contribution in [3.05, 3.63) is 10.4 Å². The minimum atomic E-state index is 0.00278. The molecule has 0 aromatic rings. The maximum Gasteiger partial charge on any atom is 0.293 e. The van der Waals surface area contributed by atoms with Crippen LogP contribution < -0.4 is 0 Å². The van der Waals surface area contributed by atoms with E-state index in [2.05, 4.69) is 14.8 Å². The molecule has 1 aliphatic carbocycles. The number of azide groups is 1. The van der Waals surface area contributed by atoms with Gasteiger partial charge in [0.25, 0.3) is 6.47 Å². The van der Waals surface area contributed by atoms with Crippen LogP contribution in [0.15, 0.2) is 5.11 Å². The zero-order valence-electron chi connectivity index (χ0n) is 5.30. The molecule has 2 unspecified atom stereocenters. The molecule has 1 aliphatic rings. The van der Waals surface area contributed by atoms with E-state index in [4.69, 9.17) is 5.53 Å². The second-order valence-electron chi connectivity index (χ2n) is 2.18. The van der Waals surface area contributed by atoms with Gasteiger partial charge in [-0.2, -0.15) is 0 Å². The zero-order chi connectivity index (χ0) is 7.40. The van der Waals surface area contributed by atoms with Crippen LogP contribution >= 0.6 is 0 Å². The first-order valence-electron chi connectivity index (χ1n) is 2.98. The Balaban J connectivity index is 2.12. The maximum absolute atomic E-state index is 9.75. The van der Waals surface area contributed by atoms with Crippen LogP contribution in [0.3, 0.4) is 0 Å². The Morgan fingerprint density at radius 2 is 2.70 bits per heavy atom. The molecule has 0 saturated heterocycles. The van der Waals surface area contributed by atoms with Crippen LogP contribution in [0, 0.1) is 5.92 Å². The lowest BCUT2D eigenvalue weighted by atomic mass is 10.4. The fourth-order valence-electron chi connectivity index (χ4n) is 0.791. The second-order valence-corrected chi connectivity index (χ2v) is 2.18. The van der Waals surface area contributed by atoms with Crippen molar-refractivity contribution in [2.24, 2.45) is 11.0 Å². The lowest BCUT2D eigenvalue weighted by molar-refractivity contribution is -0.130. The molecule has 0 aromatic heterocycles. The van der Waals surface area contributed by atoms with E-state index in [0.29, 0.717) is 13.0 Å². The zero-order valence-corrected chi connectivity index (χ0v) is 5.30. The molecule has 0 bridgehead atoms. The van der Waals surface area contributed by atoms with Crippen LogP contribution in [-0.2, 0) is 9.53 Å². The molecule has 10 heavy (non-hydrogen) atoms. The lowest BCUT2D eigenvalue weighted by Gasteiger charge is -1.90. The minimum absolute atomic E-state index is 0.00278. The fourth-order valence-corrected chi connectivity index (χ4v) is 0.791. The van der Waals surface area contributed by atoms with Gasteiger partial charge < -0.3 is 4.74 Å². The van der Waals surface area contributed by atoms with Gasteiger partial charge in [-0.15, -0.1) is 0 Å². The summed E-state index contributed by atoms with van der Waals surface area (Å²) >= 11 is 0. The largest absolute Gasteiger partial charge is 0.464 e. The Labute approximate surface area is 57.6 Å². The molecule has 54 valence electrons. The average molecular weight is 141 g/mol. The molecule has 0 radical (unpaired) electrons. The topological polar surface area (TPSA) is 75.1 Å². The summed E-state index contributed by atoms with van der Waals surface area (Å²) in [5.41, 5.74) is 7.91. The van der Waals surface area contributed by atoms with E-state index in [1.54, 1.807) is 0 Å². The van der Waals surface area contributed by atoms with Crippen molar-refractivity contribution in [1.82, 2.24) is 0 Å². The first-order chi connectivity index (χ1) is 4.88. The number of ether oxygens (including phenoxy) is 1. The molecule has 0 amide bonds. The van der Waals surface area contributed by atoms with Crippen molar-refractivity contribution in [2.75, 3.05) is 6.54 Å². The number of rotatable bonds is 4. The van der Waals surface area contributed by atoms with E-state index in [-0.39, 0.29) is 12.0 Å². The highest BCUT2D eigenvalue weighted by Crippen LogP contribution is 2.33. The molecular weight excluding hydrogens is 134 g/mol. The first-order valence-corrected chi connectivity index (χ1v) is 2.98. The summed E-state index contributed by atoms with van der Waals surface area (Å²) in [6.45, 7) is 0.871. The molecule has 0 N–H and O–H groups in total. The van der Waals surface area contributed by atoms with Crippen LogP contribution in [0.1, 0.15) is 6.42 Å². The highest BCUT2D eigenvalue weighted by molar-refractivity contribution is 5.38. The van der Waals surface area contributed by atoms with Gasteiger partial charge in [-0.25, -0.2) is 0 Å². The van der Waals surface area contributed by atoms with Crippen molar-refractivity contribution in [3.63, 3.8) is 0 Å². The third-order valence-corrected chi connectivity index (χ3v) is 1.47. The van der Waals surface area contributed by atoms with Crippen molar-refractivity contribution in [2.45, 2.75) is 12.5 Å². The van der Waals surface area contributed by atoms with Crippen LogP contribution in [0.5, 0.6) is 0 Å². The number of nitrogens with zero attached hydrogens (tertiary/aromatic N) is 3. The van der Waals surface area contributed by atoms with Crippen molar-refractivity contribution < 1.29 is 9.53 Å². The Bertz CT molecular complexity index is 176. The molecule has 1 fully saturated rings. The van der Waals surface area contributed by atoms with Gasteiger partial charge in [-0.1, -0.05) is 5.11 Å². The van der Waals surface area contributed by atoms with Crippen LogP contribution in [-0.4, -0.2) is 19.1 Å². The molecule has 5 nitrogen and oxygen atoms in total. The predicted molar refractivity (Wildman–Crippen MR) is 33.1 cm³/mol. The third kappa shape index (κ3) is 1.63. The van der Waals surface area contributed by atoms with Gasteiger partial charge >= 0.3 is 0 Å². The molecule has 5 heteroatoms. The van der Waals surface area contributed by atoms with Gasteiger partial charge in [0.1, 0.15) is 6.10 Å². The average Bonchev–Trinajstić information content (AvgIpc) is 2.65. The van der Waals surface area contributed by atoms with Gasteiger partial charge in [-0.05, 0) is 12.0 Å². The molecule has 0 aliphatic heterocycles. The van der Waals surface area contributed by atoms with E-state index in [1.165, 1.54) is 0 Å². The van der Waals surface area contributed by atoms with Crippen LogP contribution in [0.4, 0.5) is 0 Å². The fraction of sp³-hybridized carbons (Fsp3) is 0.800. The molecule has 0 spiro atoms. The maximum atomic E-state index is 9.75. The van der Waals surface area contributed by atoms with Gasteiger partial charge in [0, 0.05) is 17.4 Å². The van der Waals surface area contributed by atoms with Crippen molar-refractivity contribution in [3.8, 4) is 0 Å². The second kappa shape index (κ2) is 3.08. The Morgan fingerprint density at radius 1 is 1.90 bits per heavy atom. The van der Waals surface area contributed by atoms with E-state index in [1.807, 2.05) is 0 Å². The number of hydrogen-bond acceptors (Lipinski definition) is 3. The highest BCUT2D eigenvalue weighted by Gasteiger charge is 2.38. The molecule has 2 atom stereocenters. The lowest BCUT2D eigenvalue weighted by Crippen LogP contribution is -1.95. The monoisotopic (exact) mass is 141 g/mol. The summed E-state index contributed by atoms with van der Waals surface area (Å²) in [5, 5.41) is 3.35. The summed E-state index contributed by atoms with van der Waals surface area (Å²) in [4.78, 5) is 12.3. The summed E-state index contributed by atoms with van der Waals surface area (Å²) in [6, 6.07) is 0. The van der Waals surface area contributed by atoms with Crippen LogP contribution in [0.2, 0.25) is 0 Å². The summed E-state index contributed by atoms with van der Waals surface area (Å²) < 4.78 is 4.60. The molecule has 1 saturated carbocycles. The van der Waals surface area contributed by atoms with Gasteiger partial charge in [0.05, 0.1) is 0 Å². The van der Waals surface area contributed by atoms with Crippen molar-refractivity contribution in [1.29, 1.82) is 0 Å². The van der Waals surface area contributed by atoms with E-state index in [0.717, 1.165) is 6.42 Å². The first kappa shape index (κ1) is 6.89. The highest BCUT2D eigenvalue weighted by atomic mass is 16.5. The Hall–Kier alpha value is -1.22. The van der Waals surface area contributed by atoms with E-state index >= 15 is 0 Å². The third-order valence-electron chi connectivity index (χ3n) is 1.47. The van der Waals surface area contributed by atoms with Crippen LogP contribution in [0.25, 0.3) is 10.4 Å². The predicted octanol–water partition coefficient (Wildman–Crippen LogP) is 0.858. The molecule has 0 heterocycles. The summed E-state index contributed by atoms with van der Waals surface area (Å²) in [7, 11) is 0. The quantitative estimate of drug-likeness (QED) is 0.252. The standard InChI is InChI=1S/C5H7N3O2/c6-8-7-2-4-1-5(4)10-3-9/h3-5H,1-2H2. The number of carbonyl (C=O) groups excluding carboxylic acids is 1. The van der Waals surface area contributed by atoms with E-state index in [9.17, 15) is 4.79 Å². The normalized spacial score (nSPS) is 28.4. The molecule has 0 aromatic carbocycles. The van der Waals surface area contributed by atoms with Gasteiger partial charge in [0.2, 0.25) is 0 Å². The van der Waals surface area contributed by atoms with Crippen molar-refractivity contribution >= 4 is 6.47 Å². The summed E-state index contributed by atoms with van der Waals surface area (Å²) in [5.74, 6) is 0.265. The Morgan fingerprint density at radius 3 is 3.30 bits per heavy atom. The van der Waals surface area contributed by atoms with Gasteiger partial charge in [0.15, 0.2) is 0 Å². The van der Waals surface area contributed by atoms with E-state index < -0.39 is 0 Å². The number of hydrogen-bond donors (Lipinski definition) is 0. The molecular formula is C5H7N3O2. The molecule has 1 rings (SSSR count). The summed E-state index contributed by atoms with van der Waals surface area (Å²) in [6.07, 6.45) is 0.834. The SMILES string of the molecule is [N-]=[N+]=NCC1CC1OC=O.